The van der Waals surface area contributed by atoms with Crippen molar-refractivity contribution in [3.05, 3.63) is 48.2 Å². The molecule has 0 unspecified atom stereocenters. The van der Waals surface area contributed by atoms with Crippen molar-refractivity contribution in [3.63, 3.8) is 0 Å². The zero-order chi connectivity index (χ0) is 16.2. The fraction of sp³-hybridized carbons (Fsp3) is 0.200. The molecule has 0 spiro atoms. The van der Waals surface area contributed by atoms with Crippen molar-refractivity contribution in [3.8, 4) is 10.4 Å². The van der Waals surface area contributed by atoms with Gasteiger partial charge in [-0.3, -0.25) is 10.00 Å². The minimum atomic E-state index is -0.321. The summed E-state index contributed by atoms with van der Waals surface area (Å²) < 4.78 is 1.61. The first-order valence-electron chi connectivity index (χ1n) is 7.03. The van der Waals surface area contributed by atoms with Crippen LogP contribution in [-0.4, -0.2) is 25.8 Å². The molecule has 2 amide bonds. The molecule has 3 rings (SSSR count). The van der Waals surface area contributed by atoms with Crippen molar-refractivity contribution < 1.29 is 4.79 Å². The van der Waals surface area contributed by atoms with Crippen molar-refractivity contribution in [2.24, 2.45) is 7.05 Å². The van der Waals surface area contributed by atoms with Gasteiger partial charge in [0.25, 0.3) is 0 Å². The van der Waals surface area contributed by atoms with Gasteiger partial charge in [-0.1, -0.05) is 35.6 Å². The highest BCUT2D eigenvalue weighted by molar-refractivity contribution is 7.19. The molecule has 0 atom stereocenters. The first-order valence-corrected chi connectivity index (χ1v) is 7.84. The number of hydrogen-bond donors (Lipinski definition) is 2. The average Bonchev–Trinajstić information content (AvgIpc) is 3.15. The van der Waals surface area contributed by atoms with Gasteiger partial charge in [0.1, 0.15) is 12.2 Å². The highest BCUT2D eigenvalue weighted by Gasteiger charge is 2.10. The fourth-order valence-corrected chi connectivity index (χ4v) is 2.99. The maximum absolute atomic E-state index is 11.9. The lowest BCUT2D eigenvalue weighted by Crippen LogP contribution is -2.29. The van der Waals surface area contributed by atoms with Crippen LogP contribution in [0.1, 0.15) is 11.4 Å². The summed E-state index contributed by atoms with van der Waals surface area (Å²) in [6.07, 6.45) is 3.22. The number of aromatic nitrogens is 4. The van der Waals surface area contributed by atoms with E-state index in [4.69, 9.17) is 0 Å². The number of thiazole rings is 1. The molecule has 2 N–H and O–H groups in total. The lowest BCUT2D eigenvalue weighted by atomic mass is 10.1. The first kappa shape index (κ1) is 15.2. The third kappa shape index (κ3) is 3.54. The summed E-state index contributed by atoms with van der Waals surface area (Å²) in [5.74, 6) is 0.680. The minimum absolute atomic E-state index is 0.304. The van der Waals surface area contributed by atoms with Gasteiger partial charge in [-0.25, -0.2) is 14.8 Å². The zero-order valence-electron chi connectivity index (χ0n) is 12.8. The zero-order valence-corrected chi connectivity index (χ0v) is 13.6. The predicted molar refractivity (Wildman–Crippen MR) is 89.1 cm³/mol. The predicted octanol–water partition coefficient (Wildman–Crippen LogP) is 2.57. The highest BCUT2D eigenvalue weighted by atomic mass is 32.1. The second-order valence-electron chi connectivity index (χ2n) is 4.95. The lowest BCUT2D eigenvalue weighted by Gasteiger charge is -2.04. The van der Waals surface area contributed by atoms with Crippen LogP contribution in [0.25, 0.3) is 10.4 Å². The standard InChI is InChI=1S/C15H16N6OS/c1-10-5-3-4-6-11(10)12-7-17-15(23-12)20-14(22)16-8-13-18-9-19-21(13)2/h3-7,9H,8H2,1-2H3,(H2,16,17,20,22). The number of nitrogens with zero attached hydrogens (tertiary/aromatic N) is 4. The maximum Gasteiger partial charge on any atom is 0.321 e. The molecule has 3 aromatic rings. The molecule has 0 aliphatic carbocycles. The molecule has 0 bridgehead atoms. The van der Waals surface area contributed by atoms with Gasteiger partial charge >= 0.3 is 6.03 Å². The molecule has 0 radical (unpaired) electrons. The van der Waals surface area contributed by atoms with Gasteiger partial charge in [0.2, 0.25) is 0 Å². The van der Waals surface area contributed by atoms with Crippen LogP contribution < -0.4 is 10.6 Å². The van der Waals surface area contributed by atoms with Gasteiger partial charge in [-0.05, 0) is 18.1 Å². The third-order valence-electron chi connectivity index (χ3n) is 3.35. The highest BCUT2D eigenvalue weighted by Crippen LogP contribution is 2.30. The van der Waals surface area contributed by atoms with Gasteiger partial charge in [0.05, 0.1) is 11.4 Å². The van der Waals surface area contributed by atoms with Crippen molar-refractivity contribution >= 4 is 22.5 Å². The van der Waals surface area contributed by atoms with Crippen molar-refractivity contribution in [1.82, 2.24) is 25.1 Å². The van der Waals surface area contributed by atoms with Crippen LogP contribution in [0.5, 0.6) is 0 Å². The van der Waals surface area contributed by atoms with E-state index in [1.54, 1.807) is 17.9 Å². The first-order chi connectivity index (χ1) is 11.1. The van der Waals surface area contributed by atoms with Gasteiger partial charge in [0.15, 0.2) is 5.13 Å². The third-order valence-corrected chi connectivity index (χ3v) is 4.29. The molecule has 118 valence electrons. The summed E-state index contributed by atoms with van der Waals surface area (Å²) in [5.41, 5.74) is 2.30. The van der Waals surface area contributed by atoms with E-state index in [0.717, 1.165) is 10.4 Å². The molecule has 0 saturated heterocycles. The lowest BCUT2D eigenvalue weighted by molar-refractivity contribution is 0.251. The van der Waals surface area contributed by atoms with Crippen LogP contribution in [-0.2, 0) is 13.6 Å². The molecule has 0 fully saturated rings. The van der Waals surface area contributed by atoms with Crippen molar-refractivity contribution in [2.75, 3.05) is 5.32 Å². The Balaban J connectivity index is 1.62. The number of nitrogens with one attached hydrogen (secondary N) is 2. The van der Waals surface area contributed by atoms with E-state index in [-0.39, 0.29) is 6.03 Å². The topological polar surface area (TPSA) is 84.7 Å². The van der Waals surface area contributed by atoms with Crippen LogP contribution in [0, 0.1) is 6.92 Å². The Morgan fingerprint density at radius 2 is 2.13 bits per heavy atom. The van der Waals surface area contributed by atoms with E-state index in [1.165, 1.54) is 23.2 Å². The van der Waals surface area contributed by atoms with Crippen molar-refractivity contribution in [2.45, 2.75) is 13.5 Å². The van der Waals surface area contributed by atoms with Crippen molar-refractivity contribution in [1.29, 1.82) is 0 Å². The molecule has 8 heteroatoms. The van der Waals surface area contributed by atoms with E-state index < -0.39 is 0 Å². The largest absolute Gasteiger partial charge is 0.331 e. The minimum Gasteiger partial charge on any atom is -0.331 e. The van der Waals surface area contributed by atoms with Crippen LogP contribution in [0.2, 0.25) is 0 Å². The van der Waals surface area contributed by atoms with Gasteiger partial charge in [-0.15, -0.1) is 0 Å². The maximum atomic E-state index is 11.9. The van der Waals surface area contributed by atoms with Crippen LogP contribution in [0.4, 0.5) is 9.93 Å². The summed E-state index contributed by atoms with van der Waals surface area (Å²) in [5, 5.41) is 9.96. The second kappa shape index (κ2) is 6.57. The summed E-state index contributed by atoms with van der Waals surface area (Å²) in [4.78, 5) is 21.2. The molecule has 0 aliphatic heterocycles. The molecule has 7 nitrogen and oxygen atoms in total. The molecule has 2 heterocycles. The quantitative estimate of drug-likeness (QED) is 0.771. The Hall–Kier alpha value is -2.74. The number of anilines is 1. The fourth-order valence-electron chi connectivity index (χ4n) is 2.09. The monoisotopic (exact) mass is 328 g/mol. The summed E-state index contributed by atoms with van der Waals surface area (Å²) in [6, 6.07) is 7.76. The smallest absolute Gasteiger partial charge is 0.321 e. The van der Waals surface area contributed by atoms with Crippen LogP contribution in [0.15, 0.2) is 36.8 Å². The number of carbonyl (C=O) groups excluding carboxylic acids is 1. The Labute approximate surface area is 137 Å². The molecule has 0 aliphatic rings. The number of hydrogen-bond acceptors (Lipinski definition) is 5. The molecule has 1 aromatic carbocycles. The van der Waals surface area contributed by atoms with Gasteiger partial charge in [-0.2, -0.15) is 5.10 Å². The molecule has 2 aromatic heterocycles. The SMILES string of the molecule is Cc1ccccc1-c1cnc(NC(=O)NCc2ncnn2C)s1. The van der Waals surface area contributed by atoms with Gasteiger partial charge < -0.3 is 5.32 Å². The normalized spacial score (nSPS) is 10.5. The molecular formula is C15H16N6OS. The summed E-state index contributed by atoms with van der Waals surface area (Å²) >= 11 is 1.44. The Morgan fingerprint density at radius 1 is 1.30 bits per heavy atom. The number of amides is 2. The average molecular weight is 328 g/mol. The molecular weight excluding hydrogens is 312 g/mol. The number of rotatable bonds is 4. The molecule has 23 heavy (non-hydrogen) atoms. The Morgan fingerprint density at radius 3 is 2.87 bits per heavy atom. The van der Waals surface area contributed by atoms with E-state index in [2.05, 4.69) is 38.7 Å². The Bertz CT molecular complexity index is 825. The van der Waals surface area contributed by atoms with E-state index in [0.29, 0.717) is 17.5 Å². The van der Waals surface area contributed by atoms with Crippen LogP contribution >= 0.6 is 11.3 Å². The molecule has 0 saturated carbocycles. The summed E-state index contributed by atoms with van der Waals surface area (Å²) in [6.45, 7) is 2.36. The number of urea groups is 1. The second-order valence-corrected chi connectivity index (χ2v) is 5.98. The summed E-state index contributed by atoms with van der Waals surface area (Å²) in [7, 11) is 1.78. The van der Waals surface area contributed by atoms with Gasteiger partial charge in [0, 0.05) is 13.2 Å². The van der Waals surface area contributed by atoms with E-state index >= 15 is 0 Å². The van der Waals surface area contributed by atoms with E-state index in [9.17, 15) is 4.79 Å². The Kier molecular flexibility index (Phi) is 4.33. The van der Waals surface area contributed by atoms with Crippen LogP contribution in [0.3, 0.4) is 0 Å². The number of carbonyl (C=O) groups is 1. The number of benzene rings is 1. The number of aryl methyl sites for hydroxylation is 2. The van der Waals surface area contributed by atoms with E-state index in [1.807, 2.05) is 18.2 Å².